The van der Waals surface area contributed by atoms with Crippen molar-refractivity contribution in [2.24, 2.45) is 0 Å². The van der Waals surface area contributed by atoms with E-state index in [9.17, 15) is 9.90 Å². The van der Waals surface area contributed by atoms with E-state index in [0.717, 1.165) is 5.56 Å². The van der Waals surface area contributed by atoms with Gasteiger partial charge in [-0.1, -0.05) is 6.58 Å². The molecule has 1 rings (SSSR count). The average Bonchev–Trinajstić information content (AvgIpc) is 2.51. The second-order valence-corrected chi connectivity index (χ2v) is 6.44. The molecule has 0 saturated heterocycles. The van der Waals surface area contributed by atoms with Crippen molar-refractivity contribution in [2.75, 3.05) is 19.8 Å². The van der Waals surface area contributed by atoms with E-state index in [1.807, 2.05) is 20.8 Å². The van der Waals surface area contributed by atoms with Gasteiger partial charge >= 0.3 is 6.09 Å². The van der Waals surface area contributed by atoms with Gasteiger partial charge in [-0.15, -0.1) is 0 Å². The van der Waals surface area contributed by atoms with E-state index in [4.69, 9.17) is 9.47 Å². The fraction of sp³-hybridized carbons (Fsp3) is 0.500. The van der Waals surface area contributed by atoms with E-state index < -0.39 is 12.2 Å². The van der Waals surface area contributed by atoms with Gasteiger partial charge in [-0.05, 0) is 57.5 Å². The maximum absolute atomic E-state index is 11.4. The molecule has 0 aliphatic carbocycles. The van der Waals surface area contributed by atoms with Crippen LogP contribution >= 0.6 is 0 Å². The van der Waals surface area contributed by atoms with E-state index in [1.54, 1.807) is 31.2 Å². The van der Waals surface area contributed by atoms with Crippen LogP contribution in [-0.2, 0) is 4.74 Å². The summed E-state index contributed by atoms with van der Waals surface area (Å²) in [5, 5.41) is 15.7. The molecule has 3 N–H and O–H groups in total. The summed E-state index contributed by atoms with van der Waals surface area (Å²) < 4.78 is 10.4. The number of hydrogen-bond acceptors (Lipinski definition) is 5. The summed E-state index contributed by atoms with van der Waals surface area (Å²) in [7, 11) is 0. The number of carbonyl (C=O) groups is 1. The molecule has 24 heavy (non-hydrogen) atoms. The lowest BCUT2D eigenvalue weighted by Gasteiger charge is -2.23. The maximum atomic E-state index is 11.4. The van der Waals surface area contributed by atoms with Crippen molar-refractivity contribution in [2.45, 2.75) is 39.3 Å². The van der Waals surface area contributed by atoms with Crippen LogP contribution in [0, 0.1) is 0 Å². The Morgan fingerprint density at radius 1 is 1.29 bits per heavy atom. The minimum atomic E-state index is -0.593. The van der Waals surface area contributed by atoms with Crippen molar-refractivity contribution in [3.05, 3.63) is 36.4 Å². The van der Waals surface area contributed by atoms with Crippen LogP contribution in [0.1, 0.15) is 33.3 Å². The van der Waals surface area contributed by atoms with Crippen LogP contribution in [0.4, 0.5) is 4.79 Å². The van der Waals surface area contributed by atoms with Crippen LogP contribution in [0.3, 0.4) is 0 Å². The zero-order valence-electron chi connectivity index (χ0n) is 14.9. The number of alkyl carbamates (subject to hydrolysis) is 1. The predicted octanol–water partition coefficient (Wildman–Crippen LogP) is 2.53. The SMILES string of the molecule is C=C(NC(=O)OCC)c1ccc(OCC(O)CNC(C)(C)C)cc1. The number of aliphatic hydroxyl groups excluding tert-OH is 1. The molecule has 1 aromatic rings. The number of amides is 1. The second kappa shape index (κ2) is 9.30. The molecule has 0 radical (unpaired) electrons. The summed E-state index contributed by atoms with van der Waals surface area (Å²) in [5.74, 6) is 0.637. The summed E-state index contributed by atoms with van der Waals surface area (Å²) in [6.45, 7) is 12.6. The highest BCUT2D eigenvalue weighted by Crippen LogP contribution is 2.16. The summed E-state index contributed by atoms with van der Waals surface area (Å²) >= 11 is 0. The number of carbonyl (C=O) groups excluding carboxylic acids is 1. The van der Waals surface area contributed by atoms with Gasteiger partial charge in [0.1, 0.15) is 18.5 Å². The van der Waals surface area contributed by atoms with Gasteiger partial charge in [-0.2, -0.15) is 0 Å². The molecule has 0 aliphatic heterocycles. The normalized spacial score (nSPS) is 12.4. The first-order valence-electron chi connectivity index (χ1n) is 8.00. The van der Waals surface area contributed by atoms with E-state index in [1.165, 1.54) is 0 Å². The van der Waals surface area contributed by atoms with Gasteiger partial charge < -0.3 is 19.9 Å². The number of benzene rings is 1. The molecule has 0 aliphatic rings. The third-order valence-electron chi connectivity index (χ3n) is 3.04. The molecule has 1 amide bonds. The van der Waals surface area contributed by atoms with Crippen molar-refractivity contribution in [3.63, 3.8) is 0 Å². The van der Waals surface area contributed by atoms with Crippen molar-refractivity contribution in [3.8, 4) is 5.75 Å². The standard InChI is InChI=1S/C18H28N2O4/c1-6-23-17(22)20-13(2)14-7-9-16(10-8-14)24-12-15(21)11-19-18(3,4)5/h7-10,15,19,21H,2,6,11-12H2,1,3-5H3,(H,20,22). The van der Waals surface area contributed by atoms with Crippen molar-refractivity contribution in [1.29, 1.82) is 0 Å². The Labute approximate surface area is 143 Å². The van der Waals surface area contributed by atoms with Gasteiger partial charge in [0, 0.05) is 17.8 Å². The van der Waals surface area contributed by atoms with E-state index in [2.05, 4.69) is 17.2 Å². The van der Waals surface area contributed by atoms with E-state index in [0.29, 0.717) is 24.6 Å². The zero-order valence-corrected chi connectivity index (χ0v) is 14.9. The van der Waals surface area contributed by atoms with Crippen LogP contribution in [0.15, 0.2) is 30.8 Å². The molecule has 0 fully saturated rings. The second-order valence-electron chi connectivity index (χ2n) is 6.44. The molecular weight excluding hydrogens is 308 g/mol. The highest BCUT2D eigenvalue weighted by molar-refractivity contribution is 5.80. The number of hydrogen-bond donors (Lipinski definition) is 3. The predicted molar refractivity (Wildman–Crippen MR) is 94.9 cm³/mol. The van der Waals surface area contributed by atoms with Gasteiger partial charge in [0.15, 0.2) is 0 Å². The molecule has 1 atom stereocenters. The maximum Gasteiger partial charge on any atom is 0.411 e. The molecule has 0 aromatic heterocycles. The number of aliphatic hydroxyl groups is 1. The van der Waals surface area contributed by atoms with Crippen molar-refractivity contribution < 1.29 is 19.4 Å². The minimum absolute atomic E-state index is 0.0467. The number of rotatable bonds is 8. The monoisotopic (exact) mass is 336 g/mol. The Kier molecular flexibility index (Phi) is 7.74. The van der Waals surface area contributed by atoms with Gasteiger partial charge in [-0.25, -0.2) is 4.79 Å². The first kappa shape index (κ1) is 20.0. The highest BCUT2D eigenvalue weighted by atomic mass is 16.5. The Bertz CT molecular complexity index is 535. The quantitative estimate of drug-likeness (QED) is 0.680. The third-order valence-corrected chi connectivity index (χ3v) is 3.04. The molecule has 1 aromatic carbocycles. The lowest BCUT2D eigenvalue weighted by molar-refractivity contribution is 0.100. The van der Waals surface area contributed by atoms with Gasteiger partial charge in [0.25, 0.3) is 0 Å². The molecule has 134 valence electrons. The minimum Gasteiger partial charge on any atom is -0.491 e. The van der Waals surface area contributed by atoms with Crippen LogP contribution in [-0.4, -0.2) is 42.6 Å². The fourth-order valence-electron chi connectivity index (χ4n) is 1.79. The molecule has 0 saturated carbocycles. The van der Waals surface area contributed by atoms with E-state index in [-0.39, 0.29) is 12.1 Å². The van der Waals surface area contributed by atoms with Crippen LogP contribution in [0.2, 0.25) is 0 Å². The van der Waals surface area contributed by atoms with Gasteiger partial charge in [0.05, 0.1) is 6.61 Å². The topological polar surface area (TPSA) is 79.8 Å². The summed E-state index contributed by atoms with van der Waals surface area (Å²) in [6, 6.07) is 7.09. The fourth-order valence-corrected chi connectivity index (χ4v) is 1.79. The van der Waals surface area contributed by atoms with E-state index >= 15 is 0 Å². The molecule has 1 unspecified atom stereocenters. The Morgan fingerprint density at radius 2 is 1.92 bits per heavy atom. The molecule has 6 nitrogen and oxygen atoms in total. The van der Waals surface area contributed by atoms with Crippen molar-refractivity contribution >= 4 is 11.8 Å². The summed E-state index contributed by atoms with van der Waals surface area (Å²) in [4.78, 5) is 11.4. The number of nitrogens with one attached hydrogen (secondary N) is 2. The molecule has 6 heteroatoms. The summed E-state index contributed by atoms with van der Waals surface area (Å²) in [6.07, 6.45) is -1.12. The van der Waals surface area contributed by atoms with Crippen LogP contribution in [0.5, 0.6) is 5.75 Å². The Balaban J connectivity index is 2.44. The Hall–Kier alpha value is -2.05. The largest absolute Gasteiger partial charge is 0.491 e. The van der Waals surface area contributed by atoms with Crippen molar-refractivity contribution in [1.82, 2.24) is 10.6 Å². The lowest BCUT2D eigenvalue weighted by atomic mass is 10.1. The zero-order chi connectivity index (χ0) is 18.2. The molecule has 0 heterocycles. The first-order valence-corrected chi connectivity index (χ1v) is 8.00. The third kappa shape index (κ3) is 7.99. The smallest absolute Gasteiger partial charge is 0.411 e. The number of ether oxygens (including phenoxy) is 2. The van der Waals surface area contributed by atoms with Crippen LogP contribution in [0.25, 0.3) is 5.70 Å². The van der Waals surface area contributed by atoms with Gasteiger partial charge in [-0.3, -0.25) is 5.32 Å². The lowest BCUT2D eigenvalue weighted by Crippen LogP contribution is -2.42. The number of β-amino-alcohol motifs (C(OH)–C–C–N with tert-alkyl or cyclic N) is 1. The van der Waals surface area contributed by atoms with Crippen LogP contribution < -0.4 is 15.4 Å². The van der Waals surface area contributed by atoms with Gasteiger partial charge in [0.2, 0.25) is 0 Å². The first-order chi connectivity index (χ1) is 11.2. The molecule has 0 spiro atoms. The average molecular weight is 336 g/mol. The summed E-state index contributed by atoms with van der Waals surface area (Å²) in [5.41, 5.74) is 1.16. The highest BCUT2D eigenvalue weighted by Gasteiger charge is 2.12. The molecule has 0 bridgehead atoms. The molecular formula is C18H28N2O4. The Morgan fingerprint density at radius 3 is 2.46 bits per heavy atom.